The lowest BCUT2D eigenvalue weighted by molar-refractivity contribution is 1.18. The van der Waals surface area contributed by atoms with E-state index in [0.29, 0.717) is 0 Å². The van der Waals surface area contributed by atoms with Crippen molar-refractivity contribution in [3.8, 4) is 28.1 Å². The van der Waals surface area contributed by atoms with Crippen molar-refractivity contribution in [2.45, 2.75) is 0 Å². The summed E-state index contributed by atoms with van der Waals surface area (Å²) >= 11 is 0. The summed E-state index contributed by atoms with van der Waals surface area (Å²) in [5.41, 5.74) is 10.7. The van der Waals surface area contributed by atoms with Crippen LogP contribution in [0.3, 0.4) is 0 Å². The molecule has 43 heavy (non-hydrogen) atoms. The first-order chi connectivity index (χ1) is 21.3. The minimum Gasteiger partial charge on any atom is -0.309 e. The predicted octanol–water partition coefficient (Wildman–Crippen LogP) is 10.4. The van der Waals surface area contributed by atoms with Gasteiger partial charge in [-0.2, -0.15) is 0 Å². The lowest BCUT2D eigenvalue weighted by atomic mass is 9.95. The van der Waals surface area contributed by atoms with Gasteiger partial charge in [0, 0.05) is 43.7 Å². The molecule has 0 radical (unpaired) electrons. The Morgan fingerprint density at radius 1 is 0.419 bits per heavy atom. The molecule has 0 unspecified atom stereocenters. The molecule has 0 bridgehead atoms. The van der Waals surface area contributed by atoms with Crippen LogP contribution in [-0.2, 0) is 0 Å². The number of pyridine rings is 2. The Labute approximate surface area is 248 Å². The van der Waals surface area contributed by atoms with Gasteiger partial charge < -0.3 is 4.57 Å². The molecule has 3 nitrogen and oxygen atoms in total. The monoisotopic (exact) mass is 547 g/mol. The van der Waals surface area contributed by atoms with Gasteiger partial charge in [0.1, 0.15) is 0 Å². The number of hydrogen-bond acceptors (Lipinski definition) is 2. The quantitative estimate of drug-likeness (QED) is 0.163. The molecule has 9 aromatic rings. The Balaban J connectivity index is 1.28. The highest BCUT2D eigenvalue weighted by molar-refractivity contribution is 6.16. The van der Waals surface area contributed by atoms with E-state index in [1.54, 1.807) is 0 Å². The summed E-state index contributed by atoms with van der Waals surface area (Å²) in [6.45, 7) is 0. The Hall–Kier alpha value is -5.80. The second-order valence-electron chi connectivity index (χ2n) is 11.0. The van der Waals surface area contributed by atoms with Gasteiger partial charge >= 0.3 is 0 Å². The average Bonchev–Trinajstić information content (AvgIpc) is 3.42. The van der Waals surface area contributed by atoms with Crippen LogP contribution in [0.25, 0.3) is 82.6 Å². The van der Waals surface area contributed by atoms with E-state index in [9.17, 15) is 0 Å². The van der Waals surface area contributed by atoms with Crippen molar-refractivity contribution in [2.75, 3.05) is 0 Å². The Morgan fingerprint density at radius 2 is 1.07 bits per heavy atom. The van der Waals surface area contributed by atoms with Crippen LogP contribution in [0.15, 0.2) is 152 Å². The normalized spacial score (nSPS) is 11.7. The smallest absolute Gasteiger partial charge is 0.0978 e. The molecule has 0 fully saturated rings. The molecule has 3 heteroatoms. The molecule has 0 aliphatic heterocycles. The lowest BCUT2D eigenvalue weighted by Gasteiger charge is -2.14. The molecule has 0 atom stereocenters. The average molecular weight is 548 g/mol. The summed E-state index contributed by atoms with van der Waals surface area (Å²) < 4.78 is 2.35. The first kappa shape index (κ1) is 23.9. The molecule has 0 saturated carbocycles. The number of para-hydroxylation sites is 3. The van der Waals surface area contributed by atoms with Crippen LogP contribution < -0.4 is 0 Å². The summed E-state index contributed by atoms with van der Waals surface area (Å²) in [5.74, 6) is 0. The summed E-state index contributed by atoms with van der Waals surface area (Å²) in [4.78, 5) is 10.5. The van der Waals surface area contributed by atoms with Crippen LogP contribution in [0.2, 0.25) is 0 Å². The van der Waals surface area contributed by atoms with Crippen molar-refractivity contribution in [1.82, 2.24) is 14.5 Å². The molecule has 0 spiro atoms. The Bertz CT molecular complexity index is 2450. The maximum atomic E-state index is 5.29. The zero-order chi connectivity index (χ0) is 28.3. The minimum absolute atomic E-state index is 0.917. The summed E-state index contributed by atoms with van der Waals surface area (Å²) in [7, 11) is 0. The number of fused-ring (bicyclic) bond motifs is 7. The van der Waals surface area contributed by atoms with Crippen molar-refractivity contribution in [3.05, 3.63) is 152 Å². The minimum atomic E-state index is 0.917. The highest BCUT2D eigenvalue weighted by atomic mass is 15.0. The maximum Gasteiger partial charge on any atom is 0.0978 e. The SMILES string of the molecule is c1ccc(-c2c3ccccc3nc3c2ccc2ccc(-c4cccc(-n5c6ccccc6c6ccccc65)c4)nc23)cc1. The van der Waals surface area contributed by atoms with E-state index < -0.39 is 0 Å². The van der Waals surface area contributed by atoms with Gasteiger partial charge in [-0.1, -0.05) is 115 Å². The zero-order valence-corrected chi connectivity index (χ0v) is 23.3. The number of aromatic nitrogens is 3. The topological polar surface area (TPSA) is 30.7 Å². The fourth-order valence-corrected chi connectivity index (χ4v) is 6.62. The molecule has 3 heterocycles. The summed E-state index contributed by atoms with van der Waals surface area (Å²) in [5, 5.41) is 5.85. The number of rotatable bonds is 3. The van der Waals surface area contributed by atoms with Gasteiger partial charge in [-0.05, 0) is 42.0 Å². The predicted molar refractivity (Wildman–Crippen MR) is 180 cm³/mol. The fourth-order valence-electron chi connectivity index (χ4n) is 6.62. The van der Waals surface area contributed by atoms with Gasteiger partial charge in [0.15, 0.2) is 0 Å². The van der Waals surface area contributed by atoms with Gasteiger partial charge in [0.25, 0.3) is 0 Å². The van der Waals surface area contributed by atoms with Crippen LogP contribution in [0.1, 0.15) is 0 Å². The summed E-state index contributed by atoms with van der Waals surface area (Å²) in [6.07, 6.45) is 0. The van der Waals surface area contributed by atoms with E-state index in [-0.39, 0.29) is 0 Å². The van der Waals surface area contributed by atoms with Crippen molar-refractivity contribution >= 4 is 54.5 Å². The third-order valence-corrected chi connectivity index (χ3v) is 8.55. The second kappa shape index (κ2) is 9.37. The van der Waals surface area contributed by atoms with E-state index >= 15 is 0 Å². The van der Waals surface area contributed by atoms with E-state index in [2.05, 4.69) is 156 Å². The van der Waals surface area contributed by atoms with E-state index in [1.807, 2.05) is 0 Å². The third kappa shape index (κ3) is 3.68. The molecule has 0 N–H and O–H groups in total. The number of benzene rings is 6. The van der Waals surface area contributed by atoms with E-state index in [0.717, 1.165) is 49.7 Å². The molecule has 0 aliphatic rings. The van der Waals surface area contributed by atoms with E-state index in [4.69, 9.17) is 9.97 Å². The van der Waals surface area contributed by atoms with Crippen LogP contribution in [0.4, 0.5) is 0 Å². The van der Waals surface area contributed by atoms with Gasteiger partial charge in [-0.25, -0.2) is 9.97 Å². The van der Waals surface area contributed by atoms with Gasteiger partial charge in [0.05, 0.1) is 33.3 Å². The molecular weight excluding hydrogens is 522 g/mol. The van der Waals surface area contributed by atoms with Crippen molar-refractivity contribution in [3.63, 3.8) is 0 Å². The van der Waals surface area contributed by atoms with E-state index in [1.165, 1.54) is 32.9 Å². The second-order valence-corrected chi connectivity index (χ2v) is 11.0. The van der Waals surface area contributed by atoms with Gasteiger partial charge in [-0.15, -0.1) is 0 Å². The van der Waals surface area contributed by atoms with Gasteiger partial charge in [-0.3, -0.25) is 0 Å². The zero-order valence-electron chi connectivity index (χ0n) is 23.3. The first-order valence-electron chi connectivity index (χ1n) is 14.6. The van der Waals surface area contributed by atoms with Gasteiger partial charge in [0.2, 0.25) is 0 Å². The highest BCUT2D eigenvalue weighted by Gasteiger charge is 2.16. The molecule has 3 aromatic heterocycles. The molecule has 0 saturated heterocycles. The molecule has 200 valence electrons. The highest BCUT2D eigenvalue weighted by Crippen LogP contribution is 2.38. The Kier molecular flexibility index (Phi) is 5.20. The standard InChI is InChI=1S/C40H25N3/c1-2-11-26(12-3-1)38-32-17-4-7-18-35(32)42-40-33(38)23-21-27-22-24-34(41-39(27)40)28-13-10-14-29(25-28)43-36-19-8-5-15-30(36)31-16-6-9-20-37(31)43/h1-25H. The molecular formula is C40H25N3. The third-order valence-electron chi connectivity index (χ3n) is 8.55. The van der Waals surface area contributed by atoms with Crippen molar-refractivity contribution in [1.29, 1.82) is 0 Å². The van der Waals surface area contributed by atoms with Crippen LogP contribution in [-0.4, -0.2) is 14.5 Å². The Morgan fingerprint density at radius 3 is 1.86 bits per heavy atom. The molecule has 0 amide bonds. The maximum absolute atomic E-state index is 5.29. The number of nitrogens with zero attached hydrogens (tertiary/aromatic N) is 3. The fraction of sp³-hybridized carbons (Fsp3) is 0. The molecule has 0 aliphatic carbocycles. The number of hydrogen-bond donors (Lipinski definition) is 0. The van der Waals surface area contributed by atoms with Crippen LogP contribution >= 0.6 is 0 Å². The van der Waals surface area contributed by atoms with Crippen LogP contribution in [0, 0.1) is 0 Å². The largest absolute Gasteiger partial charge is 0.309 e. The molecule has 9 rings (SSSR count). The lowest BCUT2D eigenvalue weighted by Crippen LogP contribution is -1.95. The molecule has 6 aromatic carbocycles. The van der Waals surface area contributed by atoms with Crippen molar-refractivity contribution in [2.24, 2.45) is 0 Å². The first-order valence-corrected chi connectivity index (χ1v) is 14.6. The summed E-state index contributed by atoms with van der Waals surface area (Å²) in [6, 6.07) is 53.6. The van der Waals surface area contributed by atoms with Crippen molar-refractivity contribution < 1.29 is 0 Å². The van der Waals surface area contributed by atoms with Crippen LogP contribution in [0.5, 0.6) is 0 Å².